The van der Waals surface area contributed by atoms with Crippen LogP contribution in [0.3, 0.4) is 0 Å². The third kappa shape index (κ3) is 4.71. The molecule has 1 aromatic carbocycles. The summed E-state index contributed by atoms with van der Waals surface area (Å²) in [6.07, 6.45) is -1.34. The fourth-order valence-electron chi connectivity index (χ4n) is 1.96. The topological polar surface area (TPSA) is 12.0 Å². The number of aryl methyl sites for hydroxylation is 1. The van der Waals surface area contributed by atoms with Crippen molar-refractivity contribution in [3.05, 3.63) is 41.0 Å². The van der Waals surface area contributed by atoms with Gasteiger partial charge in [0.15, 0.2) is 0 Å². The van der Waals surface area contributed by atoms with E-state index in [-0.39, 0.29) is 0 Å². The van der Waals surface area contributed by atoms with Gasteiger partial charge >= 0.3 is 6.18 Å². The molecule has 1 N–H and O–H groups in total. The number of hydrogen-bond donors (Lipinski definition) is 1. The molecule has 0 radical (unpaired) electrons. The van der Waals surface area contributed by atoms with E-state index < -0.39 is 11.7 Å². The van der Waals surface area contributed by atoms with Crippen LogP contribution >= 0.6 is 0 Å². The Morgan fingerprint density at radius 2 is 2.00 bits per heavy atom. The van der Waals surface area contributed by atoms with Gasteiger partial charge in [0.2, 0.25) is 0 Å². The number of benzene rings is 1. The monoisotopic (exact) mass is 271 g/mol. The molecule has 0 aliphatic carbocycles. The van der Waals surface area contributed by atoms with Gasteiger partial charge in [-0.15, -0.1) is 0 Å². The molecule has 1 rings (SSSR count). The Balaban J connectivity index is 2.84. The second-order valence-corrected chi connectivity index (χ2v) is 4.56. The summed E-state index contributed by atoms with van der Waals surface area (Å²) in [5.74, 6) is 0. The second kappa shape index (κ2) is 6.75. The molecular weight excluding hydrogens is 251 g/mol. The smallest absolute Gasteiger partial charge is 0.317 e. The van der Waals surface area contributed by atoms with Crippen molar-refractivity contribution in [3.8, 4) is 0 Å². The average molecular weight is 271 g/mol. The van der Waals surface area contributed by atoms with Crippen molar-refractivity contribution in [1.82, 2.24) is 5.32 Å². The van der Waals surface area contributed by atoms with Gasteiger partial charge in [-0.05, 0) is 62.2 Å². The molecule has 1 nitrogen and oxygen atoms in total. The Kier molecular flexibility index (Phi) is 5.60. The lowest BCUT2D eigenvalue weighted by Crippen LogP contribution is -2.13. The van der Waals surface area contributed by atoms with Gasteiger partial charge in [0.1, 0.15) is 0 Å². The van der Waals surface area contributed by atoms with Crippen LogP contribution in [0, 0.1) is 6.92 Å². The van der Waals surface area contributed by atoms with E-state index in [4.69, 9.17) is 0 Å². The van der Waals surface area contributed by atoms with E-state index in [2.05, 4.69) is 11.4 Å². The summed E-state index contributed by atoms with van der Waals surface area (Å²) in [4.78, 5) is 0. The van der Waals surface area contributed by atoms with Gasteiger partial charge < -0.3 is 5.32 Å². The van der Waals surface area contributed by atoms with Gasteiger partial charge in [0.25, 0.3) is 0 Å². The van der Waals surface area contributed by atoms with Crippen molar-refractivity contribution in [2.24, 2.45) is 0 Å². The number of nitrogens with one attached hydrogen (secondary N) is 1. The summed E-state index contributed by atoms with van der Waals surface area (Å²) >= 11 is 0. The standard InChI is InChI=1S/C15H20F3N/c1-4-19-9-5-6-11(2)14-8-7-13(10-12(14)3)15(16,17)18/h6-8,10,19H,4-5,9H2,1-3H3/b11-6-. The third-order valence-electron chi connectivity index (χ3n) is 3.00. The molecule has 0 unspecified atom stereocenters. The maximum absolute atomic E-state index is 12.6. The molecule has 19 heavy (non-hydrogen) atoms. The molecular formula is C15H20F3N. The summed E-state index contributed by atoms with van der Waals surface area (Å²) in [5.41, 5.74) is 1.97. The lowest BCUT2D eigenvalue weighted by molar-refractivity contribution is -0.137. The van der Waals surface area contributed by atoms with Crippen LogP contribution in [0.5, 0.6) is 0 Å². The van der Waals surface area contributed by atoms with E-state index in [0.717, 1.165) is 36.7 Å². The highest BCUT2D eigenvalue weighted by Gasteiger charge is 2.30. The summed E-state index contributed by atoms with van der Waals surface area (Å²) in [5, 5.41) is 3.21. The van der Waals surface area contributed by atoms with Gasteiger partial charge in [-0.1, -0.05) is 19.1 Å². The van der Waals surface area contributed by atoms with Crippen LogP contribution in [0.2, 0.25) is 0 Å². The zero-order valence-electron chi connectivity index (χ0n) is 11.6. The molecule has 0 aliphatic heterocycles. The molecule has 0 aliphatic rings. The van der Waals surface area contributed by atoms with Gasteiger partial charge in [-0.3, -0.25) is 0 Å². The molecule has 1 aromatic rings. The molecule has 0 bridgehead atoms. The van der Waals surface area contributed by atoms with Crippen molar-refractivity contribution in [2.45, 2.75) is 33.4 Å². The van der Waals surface area contributed by atoms with Gasteiger partial charge in [-0.25, -0.2) is 0 Å². The average Bonchev–Trinajstić information content (AvgIpc) is 2.33. The van der Waals surface area contributed by atoms with Gasteiger partial charge in [-0.2, -0.15) is 13.2 Å². The van der Waals surface area contributed by atoms with Crippen LogP contribution in [0.25, 0.3) is 5.57 Å². The SMILES string of the molecule is CCNCC/C=C(/C)c1ccc(C(F)(F)F)cc1C. The number of halogens is 3. The summed E-state index contributed by atoms with van der Waals surface area (Å²) in [6.45, 7) is 7.49. The molecule has 0 heterocycles. The number of rotatable bonds is 5. The van der Waals surface area contributed by atoms with E-state index in [0.29, 0.717) is 5.56 Å². The highest BCUT2D eigenvalue weighted by atomic mass is 19.4. The number of hydrogen-bond acceptors (Lipinski definition) is 1. The Bertz CT molecular complexity index is 447. The lowest BCUT2D eigenvalue weighted by atomic mass is 9.98. The maximum Gasteiger partial charge on any atom is 0.416 e. The second-order valence-electron chi connectivity index (χ2n) is 4.56. The van der Waals surface area contributed by atoms with Crippen molar-refractivity contribution >= 4 is 5.57 Å². The third-order valence-corrected chi connectivity index (χ3v) is 3.00. The van der Waals surface area contributed by atoms with E-state index >= 15 is 0 Å². The largest absolute Gasteiger partial charge is 0.416 e. The highest BCUT2D eigenvalue weighted by molar-refractivity contribution is 5.66. The van der Waals surface area contributed by atoms with Crippen LogP contribution in [0.4, 0.5) is 13.2 Å². The summed E-state index contributed by atoms with van der Waals surface area (Å²) < 4.78 is 37.7. The molecule has 0 aromatic heterocycles. The fourth-order valence-corrected chi connectivity index (χ4v) is 1.96. The van der Waals surface area contributed by atoms with E-state index in [1.165, 1.54) is 6.07 Å². The van der Waals surface area contributed by atoms with Crippen LogP contribution in [0.15, 0.2) is 24.3 Å². The molecule has 0 atom stereocenters. The Morgan fingerprint density at radius 1 is 1.32 bits per heavy atom. The normalized spacial score (nSPS) is 12.8. The molecule has 106 valence electrons. The van der Waals surface area contributed by atoms with Crippen LogP contribution < -0.4 is 5.32 Å². The minimum atomic E-state index is -4.27. The van der Waals surface area contributed by atoms with Crippen molar-refractivity contribution in [2.75, 3.05) is 13.1 Å². The van der Waals surface area contributed by atoms with Crippen molar-refractivity contribution in [1.29, 1.82) is 0 Å². The van der Waals surface area contributed by atoms with E-state index in [1.54, 1.807) is 13.0 Å². The Morgan fingerprint density at radius 3 is 2.53 bits per heavy atom. The first-order valence-electron chi connectivity index (χ1n) is 6.42. The van der Waals surface area contributed by atoms with Crippen molar-refractivity contribution < 1.29 is 13.2 Å². The minimum Gasteiger partial charge on any atom is -0.317 e. The molecule has 0 saturated carbocycles. The summed E-state index contributed by atoms with van der Waals surface area (Å²) in [6, 6.07) is 3.90. The fraction of sp³-hybridized carbons (Fsp3) is 0.467. The molecule has 4 heteroatoms. The van der Waals surface area contributed by atoms with Crippen LogP contribution in [-0.4, -0.2) is 13.1 Å². The minimum absolute atomic E-state index is 0.589. The van der Waals surface area contributed by atoms with Crippen LogP contribution in [0.1, 0.15) is 37.0 Å². The quantitative estimate of drug-likeness (QED) is 0.782. The number of alkyl halides is 3. The lowest BCUT2D eigenvalue weighted by Gasteiger charge is -2.11. The highest BCUT2D eigenvalue weighted by Crippen LogP contribution is 2.31. The molecule has 0 saturated heterocycles. The Labute approximate surface area is 112 Å². The molecule has 0 fully saturated rings. The van der Waals surface area contributed by atoms with Gasteiger partial charge in [0, 0.05) is 0 Å². The predicted molar refractivity (Wildman–Crippen MR) is 73.0 cm³/mol. The maximum atomic E-state index is 12.6. The van der Waals surface area contributed by atoms with E-state index in [9.17, 15) is 13.2 Å². The predicted octanol–water partition coefficient (Wildman–Crippen LogP) is 4.42. The first-order chi connectivity index (χ1) is 8.86. The Hall–Kier alpha value is -1.29. The van der Waals surface area contributed by atoms with Crippen LogP contribution in [-0.2, 0) is 6.18 Å². The molecule has 0 amide bonds. The van der Waals surface area contributed by atoms with Crippen molar-refractivity contribution in [3.63, 3.8) is 0 Å². The summed E-state index contributed by atoms with van der Waals surface area (Å²) in [7, 11) is 0. The number of allylic oxidation sites excluding steroid dienone is 1. The molecule has 0 spiro atoms. The zero-order chi connectivity index (χ0) is 14.5. The first-order valence-corrected chi connectivity index (χ1v) is 6.42. The zero-order valence-corrected chi connectivity index (χ0v) is 11.6. The van der Waals surface area contributed by atoms with E-state index in [1.807, 2.05) is 13.8 Å². The van der Waals surface area contributed by atoms with Gasteiger partial charge in [0.05, 0.1) is 5.56 Å². The first kappa shape index (κ1) is 15.8.